The zero-order valence-corrected chi connectivity index (χ0v) is 9.69. The smallest absolute Gasteiger partial charge is 0.189 e. The van der Waals surface area contributed by atoms with Gasteiger partial charge < -0.3 is 15.6 Å². The van der Waals surface area contributed by atoms with E-state index in [1.54, 1.807) is 6.20 Å². The second kappa shape index (κ2) is 5.01. The van der Waals surface area contributed by atoms with Gasteiger partial charge in [-0.3, -0.25) is 0 Å². The molecule has 1 aliphatic carbocycles. The van der Waals surface area contributed by atoms with E-state index < -0.39 is 0 Å². The highest BCUT2D eigenvalue weighted by molar-refractivity contribution is 5.77. The predicted octanol–water partition coefficient (Wildman–Crippen LogP) is 0.624. The number of imidazole rings is 1. The van der Waals surface area contributed by atoms with Crippen LogP contribution in [-0.2, 0) is 13.6 Å². The van der Waals surface area contributed by atoms with Crippen LogP contribution < -0.4 is 11.1 Å². The third kappa shape index (κ3) is 2.74. The van der Waals surface area contributed by atoms with Gasteiger partial charge in [-0.15, -0.1) is 0 Å². The SMILES string of the molecule is Cn1ccnc1CN=C(N)NCC1CCC1. The molecule has 3 N–H and O–H groups in total. The Kier molecular flexibility index (Phi) is 3.44. The van der Waals surface area contributed by atoms with Crippen molar-refractivity contribution >= 4 is 5.96 Å². The molecule has 1 fully saturated rings. The van der Waals surface area contributed by atoms with Gasteiger partial charge in [0.2, 0.25) is 0 Å². The largest absolute Gasteiger partial charge is 0.370 e. The molecule has 0 saturated heterocycles. The molecule has 1 aromatic heterocycles. The Morgan fingerprint density at radius 1 is 1.69 bits per heavy atom. The molecular formula is C11H19N5. The predicted molar refractivity (Wildman–Crippen MR) is 63.9 cm³/mol. The Balaban J connectivity index is 1.75. The summed E-state index contributed by atoms with van der Waals surface area (Å²) in [7, 11) is 1.95. The van der Waals surface area contributed by atoms with Crippen molar-refractivity contribution in [2.45, 2.75) is 25.8 Å². The van der Waals surface area contributed by atoms with Gasteiger partial charge in [-0.05, 0) is 18.8 Å². The standard InChI is InChI=1S/C11H19N5/c1-16-6-5-13-10(16)8-15-11(12)14-7-9-3-2-4-9/h5-6,9H,2-4,7-8H2,1H3,(H3,12,14,15). The van der Waals surface area contributed by atoms with E-state index in [-0.39, 0.29) is 0 Å². The number of hydrogen-bond donors (Lipinski definition) is 2. The molecule has 5 heteroatoms. The minimum Gasteiger partial charge on any atom is -0.370 e. The Morgan fingerprint density at radius 2 is 2.50 bits per heavy atom. The second-order valence-corrected chi connectivity index (χ2v) is 4.33. The summed E-state index contributed by atoms with van der Waals surface area (Å²) in [5.74, 6) is 2.24. The summed E-state index contributed by atoms with van der Waals surface area (Å²) in [5, 5.41) is 3.16. The molecule has 0 atom stereocenters. The highest BCUT2D eigenvalue weighted by Crippen LogP contribution is 2.24. The third-order valence-corrected chi connectivity index (χ3v) is 3.11. The maximum absolute atomic E-state index is 5.77. The number of guanidine groups is 1. The Bertz CT molecular complexity index is 364. The fourth-order valence-electron chi connectivity index (χ4n) is 1.71. The van der Waals surface area contributed by atoms with Crippen LogP contribution in [0.4, 0.5) is 0 Å². The van der Waals surface area contributed by atoms with Crippen LogP contribution in [0.25, 0.3) is 0 Å². The van der Waals surface area contributed by atoms with E-state index in [4.69, 9.17) is 5.73 Å². The van der Waals surface area contributed by atoms with Crippen LogP contribution in [0, 0.1) is 5.92 Å². The van der Waals surface area contributed by atoms with Crippen LogP contribution in [-0.4, -0.2) is 22.1 Å². The van der Waals surface area contributed by atoms with Crippen LogP contribution in [0.3, 0.4) is 0 Å². The molecule has 0 bridgehead atoms. The van der Waals surface area contributed by atoms with E-state index in [0.717, 1.165) is 18.3 Å². The molecule has 0 aromatic carbocycles. The Hall–Kier alpha value is -1.52. The third-order valence-electron chi connectivity index (χ3n) is 3.11. The second-order valence-electron chi connectivity index (χ2n) is 4.33. The number of rotatable bonds is 4. The molecule has 16 heavy (non-hydrogen) atoms. The molecule has 2 rings (SSSR count). The summed E-state index contributed by atoms with van der Waals surface area (Å²) in [6, 6.07) is 0. The van der Waals surface area contributed by atoms with Crippen molar-refractivity contribution in [2.75, 3.05) is 6.54 Å². The van der Waals surface area contributed by atoms with Gasteiger partial charge in [0, 0.05) is 26.0 Å². The Morgan fingerprint density at radius 3 is 3.06 bits per heavy atom. The number of nitrogens with zero attached hydrogens (tertiary/aromatic N) is 3. The highest BCUT2D eigenvalue weighted by atomic mass is 15.1. The number of aryl methyl sites for hydroxylation is 1. The maximum Gasteiger partial charge on any atom is 0.189 e. The van der Waals surface area contributed by atoms with Gasteiger partial charge in [-0.1, -0.05) is 6.42 Å². The normalized spacial score (nSPS) is 17.2. The van der Waals surface area contributed by atoms with Crippen LogP contribution in [0.1, 0.15) is 25.1 Å². The summed E-state index contributed by atoms with van der Waals surface area (Å²) < 4.78 is 1.95. The summed E-state index contributed by atoms with van der Waals surface area (Å²) in [6.45, 7) is 1.49. The molecule has 0 unspecified atom stereocenters. The molecular weight excluding hydrogens is 202 g/mol. The molecule has 1 saturated carbocycles. The minimum atomic E-state index is 0.523. The van der Waals surface area contributed by atoms with Gasteiger partial charge >= 0.3 is 0 Å². The van der Waals surface area contributed by atoms with Gasteiger partial charge in [-0.2, -0.15) is 0 Å². The quantitative estimate of drug-likeness (QED) is 0.578. The van der Waals surface area contributed by atoms with Crippen LogP contribution >= 0.6 is 0 Å². The molecule has 1 heterocycles. The van der Waals surface area contributed by atoms with Crippen molar-refractivity contribution < 1.29 is 0 Å². The van der Waals surface area contributed by atoms with E-state index in [0.29, 0.717) is 12.5 Å². The van der Waals surface area contributed by atoms with Crippen molar-refractivity contribution in [1.82, 2.24) is 14.9 Å². The maximum atomic E-state index is 5.77. The van der Waals surface area contributed by atoms with Gasteiger partial charge in [0.05, 0.1) is 0 Å². The Labute approximate surface area is 95.8 Å². The van der Waals surface area contributed by atoms with E-state index in [1.165, 1.54) is 19.3 Å². The first-order valence-electron chi connectivity index (χ1n) is 5.75. The highest BCUT2D eigenvalue weighted by Gasteiger charge is 2.16. The molecule has 88 valence electrons. The average molecular weight is 221 g/mol. The molecule has 0 spiro atoms. The number of nitrogens with two attached hydrogens (primary N) is 1. The van der Waals surface area contributed by atoms with Crippen LogP contribution in [0.5, 0.6) is 0 Å². The topological polar surface area (TPSA) is 68.2 Å². The van der Waals surface area contributed by atoms with E-state index in [9.17, 15) is 0 Å². The lowest BCUT2D eigenvalue weighted by molar-refractivity contribution is 0.315. The first-order valence-corrected chi connectivity index (χ1v) is 5.75. The minimum absolute atomic E-state index is 0.523. The number of aromatic nitrogens is 2. The summed E-state index contributed by atoms with van der Waals surface area (Å²) >= 11 is 0. The number of hydrogen-bond acceptors (Lipinski definition) is 2. The molecule has 5 nitrogen and oxygen atoms in total. The van der Waals surface area contributed by atoms with E-state index >= 15 is 0 Å². The molecule has 0 radical (unpaired) electrons. The van der Waals surface area contributed by atoms with Gasteiger partial charge in [-0.25, -0.2) is 9.98 Å². The molecule has 1 aliphatic rings. The molecule has 0 aliphatic heterocycles. The number of nitrogens with one attached hydrogen (secondary N) is 1. The first kappa shape index (κ1) is 11.0. The average Bonchev–Trinajstić information content (AvgIpc) is 2.59. The lowest BCUT2D eigenvalue weighted by atomic mass is 9.85. The van der Waals surface area contributed by atoms with Crippen molar-refractivity contribution in [3.05, 3.63) is 18.2 Å². The first-order chi connectivity index (χ1) is 7.75. The van der Waals surface area contributed by atoms with Crippen molar-refractivity contribution in [1.29, 1.82) is 0 Å². The van der Waals surface area contributed by atoms with Gasteiger partial charge in [0.1, 0.15) is 12.4 Å². The number of aliphatic imine (C=N–C) groups is 1. The zero-order chi connectivity index (χ0) is 11.4. The van der Waals surface area contributed by atoms with Crippen molar-refractivity contribution in [3.8, 4) is 0 Å². The van der Waals surface area contributed by atoms with Crippen LogP contribution in [0.2, 0.25) is 0 Å². The van der Waals surface area contributed by atoms with Gasteiger partial charge in [0.25, 0.3) is 0 Å². The van der Waals surface area contributed by atoms with Crippen LogP contribution in [0.15, 0.2) is 17.4 Å². The fraction of sp³-hybridized carbons (Fsp3) is 0.636. The molecule has 0 amide bonds. The van der Waals surface area contributed by atoms with Gasteiger partial charge in [0.15, 0.2) is 5.96 Å². The van der Waals surface area contributed by atoms with E-state index in [1.807, 2.05) is 17.8 Å². The summed E-state index contributed by atoms with van der Waals surface area (Å²) in [6.07, 6.45) is 7.67. The lowest BCUT2D eigenvalue weighted by Crippen LogP contribution is -2.37. The fourth-order valence-corrected chi connectivity index (χ4v) is 1.71. The zero-order valence-electron chi connectivity index (χ0n) is 9.69. The monoisotopic (exact) mass is 221 g/mol. The van der Waals surface area contributed by atoms with E-state index in [2.05, 4.69) is 15.3 Å². The van der Waals surface area contributed by atoms with Crippen molar-refractivity contribution in [3.63, 3.8) is 0 Å². The molecule has 1 aromatic rings. The summed E-state index contributed by atoms with van der Waals surface area (Å²) in [5.41, 5.74) is 5.77. The van der Waals surface area contributed by atoms with Crippen molar-refractivity contribution in [2.24, 2.45) is 23.7 Å². The lowest BCUT2D eigenvalue weighted by Gasteiger charge is -2.25. The summed E-state index contributed by atoms with van der Waals surface area (Å²) in [4.78, 5) is 8.44.